The third kappa shape index (κ3) is 1.94. The smallest absolute Gasteiger partial charge is 0.0190 e. The van der Waals surface area contributed by atoms with Gasteiger partial charge in [0.25, 0.3) is 0 Å². The normalized spacial score (nSPS) is 10.1. The Bertz CT molecular complexity index is 374. The van der Waals surface area contributed by atoms with E-state index in [-0.39, 0.29) is 0 Å². The molecule has 0 aliphatic rings. The van der Waals surface area contributed by atoms with E-state index >= 15 is 0 Å². The monoisotopic (exact) mass is 202 g/mol. The third-order valence-corrected chi connectivity index (χ3v) is 2.20. The zero-order valence-electron chi connectivity index (χ0n) is 7.79. The number of halogens is 1. The molecular weight excluding hydrogens is 194 g/mol. The van der Waals surface area contributed by atoms with Gasteiger partial charge in [-0.05, 0) is 23.2 Å². The lowest BCUT2D eigenvalue weighted by molar-refractivity contribution is 1.27. The fourth-order valence-electron chi connectivity index (χ4n) is 1.19. The molecule has 0 spiro atoms. The molecule has 0 bridgehead atoms. The number of hydrogen-bond acceptors (Lipinski definition) is 1. The first kappa shape index (κ1) is 9.22. The summed E-state index contributed by atoms with van der Waals surface area (Å²) in [6.07, 6.45) is 1.85. The number of hydrogen-bond donors (Lipinski definition) is 0. The lowest BCUT2D eigenvalue weighted by atomic mass is 10.1. The molecule has 0 fully saturated rings. The van der Waals surface area contributed by atoms with Crippen LogP contribution in [0.1, 0.15) is 5.56 Å². The molecule has 0 radical (unpaired) electrons. The summed E-state index contributed by atoms with van der Waals surface area (Å²) in [5.74, 6) is 0. The van der Waals surface area contributed by atoms with E-state index in [2.05, 4.69) is 11.1 Å². The Morgan fingerprint density at radius 3 is 2.64 bits per heavy atom. The van der Waals surface area contributed by atoms with Gasteiger partial charge in [0.05, 0.1) is 0 Å². The molecular formula is C12H9ClN-. The number of aromatic nitrogens is 1. The highest BCUT2D eigenvalue weighted by atomic mass is 35.5. The van der Waals surface area contributed by atoms with Crippen LogP contribution in [0.5, 0.6) is 0 Å². The Kier molecular flexibility index (Phi) is 2.51. The summed E-state index contributed by atoms with van der Waals surface area (Å²) in [6, 6.07) is 12.6. The van der Waals surface area contributed by atoms with Crippen LogP contribution in [0.25, 0.3) is 11.3 Å². The van der Waals surface area contributed by atoms with E-state index in [1.165, 1.54) is 0 Å². The highest BCUT2D eigenvalue weighted by Gasteiger charge is 1.90. The molecule has 0 saturated carbocycles. The Balaban J connectivity index is 2.40. The average Bonchev–Trinajstić information content (AvgIpc) is 2.21. The standard InChI is InChI=1S/C12H9ClN/c1-9-2-7-12(14-8-9)10-3-5-11(13)6-4-10/h2-3,5-8H,1H3/q-1. The fourth-order valence-corrected chi connectivity index (χ4v) is 1.31. The van der Waals surface area contributed by atoms with E-state index in [0.29, 0.717) is 5.02 Å². The number of aryl methyl sites for hydroxylation is 1. The van der Waals surface area contributed by atoms with Gasteiger partial charge in [0.2, 0.25) is 0 Å². The minimum atomic E-state index is 0.695. The van der Waals surface area contributed by atoms with Crippen molar-refractivity contribution in [2.24, 2.45) is 0 Å². The molecule has 1 nitrogen and oxygen atoms in total. The Labute approximate surface area is 88.4 Å². The van der Waals surface area contributed by atoms with E-state index < -0.39 is 0 Å². The maximum absolute atomic E-state index is 5.77. The molecule has 14 heavy (non-hydrogen) atoms. The first-order valence-corrected chi connectivity index (χ1v) is 4.74. The van der Waals surface area contributed by atoms with Crippen LogP contribution in [0.3, 0.4) is 0 Å². The lowest BCUT2D eigenvalue weighted by Gasteiger charge is -2.08. The van der Waals surface area contributed by atoms with Gasteiger partial charge in [0, 0.05) is 6.20 Å². The molecule has 2 aromatic rings. The highest BCUT2D eigenvalue weighted by molar-refractivity contribution is 6.30. The van der Waals surface area contributed by atoms with Crippen molar-refractivity contribution in [1.29, 1.82) is 0 Å². The van der Waals surface area contributed by atoms with Crippen molar-refractivity contribution in [2.75, 3.05) is 0 Å². The van der Waals surface area contributed by atoms with E-state index in [0.717, 1.165) is 16.8 Å². The molecule has 0 saturated heterocycles. The van der Waals surface area contributed by atoms with E-state index in [9.17, 15) is 0 Å². The second-order valence-electron chi connectivity index (χ2n) is 3.14. The van der Waals surface area contributed by atoms with Crippen molar-refractivity contribution in [1.82, 2.24) is 4.98 Å². The van der Waals surface area contributed by atoms with E-state index in [1.807, 2.05) is 37.4 Å². The molecule has 1 aromatic carbocycles. The Morgan fingerprint density at radius 2 is 2.07 bits per heavy atom. The fraction of sp³-hybridized carbons (Fsp3) is 0.0833. The van der Waals surface area contributed by atoms with Crippen LogP contribution >= 0.6 is 11.6 Å². The van der Waals surface area contributed by atoms with Crippen LogP contribution in [-0.2, 0) is 0 Å². The lowest BCUT2D eigenvalue weighted by Crippen LogP contribution is -1.83. The number of nitrogens with zero attached hydrogens (tertiary/aromatic N) is 1. The van der Waals surface area contributed by atoms with Crippen LogP contribution in [-0.4, -0.2) is 4.98 Å². The maximum Gasteiger partial charge on any atom is 0.0190 e. The van der Waals surface area contributed by atoms with Crippen molar-refractivity contribution in [3.63, 3.8) is 0 Å². The van der Waals surface area contributed by atoms with Crippen LogP contribution < -0.4 is 0 Å². The first-order chi connectivity index (χ1) is 6.75. The average molecular weight is 203 g/mol. The third-order valence-electron chi connectivity index (χ3n) is 1.96. The molecule has 2 rings (SSSR count). The predicted octanol–water partition coefficient (Wildman–Crippen LogP) is 3.51. The summed E-state index contributed by atoms with van der Waals surface area (Å²) in [6.45, 7) is 2.02. The van der Waals surface area contributed by atoms with Gasteiger partial charge in [-0.25, -0.2) is 0 Å². The van der Waals surface area contributed by atoms with Gasteiger partial charge in [-0.2, -0.15) is 0 Å². The molecule has 0 unspecified atom stereocenters. The molecule has 0 aliphatic heterocycles. The summed E-state index contributed by atoms with van der Waals surface area (Å²) in [5, 5.41) is 0.695. The van der Waals surface area contributed by atoms with Gasteiger partial charge >= 0.3 is 0 Å². The maximum atomic E-state index is 5.77. The predicted molar refractivity (Wildman–Crippen MR) is 58.3 cm³/mol. The highest BCUT2D eigenvalue weighted by Crippen LogP contribution is 2.18. The van der Waals surface area contributed by atoms with Crippen LogP contribution in [0, 0.1) is 13.0 Å². The SMILES string of the molecule is Cc1ccc(-c2[c-]cc(Cl)cc2)nc1. The van der Waals surface area contributed by atoms with Gasteiger partial charge in [0.1, 0.15) is 0 Å². The Hall–Kier alpha value is -1.34. The molecule has 0 amide bonds. The van der Waals surface area contributed by atoms with Crippen molar-refractivity contribution < 1.29 is 0 Å². The van der Waals surface area contributed by atoms with Crippen LogP contribution in [0.4, 0.5) is 0 Å². The second kappa shape index (κ2) is 3.81. The van der Waals surface area contributed by atoms with Gasteiger partial charge in [-0.15, -0.1) is 41.4 Å². The van der Waals surface area contributed by atoms with Crippen molar-refractivity contribution in [2.45, 2.75) is 6.92 Å². The summed E-state index contributed by atoms with van der Waals surface area (Å²) in [4.78, 5) is 4.30. The molecule has 0 aliphatic carbocycles. The molecule has 2 heteroatoms. The van der Waals surface area contributed by atoms with Crippen molar-refractivity contribution >= 4 is 11.6 Å². The summed E-state index contributed by atoms with van der Waals surface area (Å²) < 4.78 is 0. The van der Waals surface area contributed by atoms with Crippen LogP contribution in [0.2, 0.25) is 5.02 Å². The minimum absolute atomic E-state index is 0.695. The van der Waals surface area contributed by atoms with E-state index in [1.54, 1.807) is 6.07 Å². The second-order valence-corrected chi connectivity index (χ2v) is 3.58. The summed E-state index contributed by atoms with van der Waals surface area (Å²) in [5.41, 5.74) is 3.05. The molecule has 70 valence electrons. The largest absolute Gasteiger partial charge is 0.304 e. The molecule has 0 atom stereocenters. The topological polar surface area (TPSA) is 12.9 Å². The minimum Gasteiger partial charge on any atom is -0.304 e. The number of pyridine rings is 1. The molecule has 1 heterocycles. The van der Waals surface area contributed by atoms with Gasteiger partial charge in [0.15, 0.2) is 0 Å². The Morgan fingerprint density at radius 1 is 1.21 bits per heavy atom. The molecule has 0 N–H and O–H groups in total. The summed E-state index contributed by atoms with van der Waals surface area (Å²) in [7, 11) is 0. The zero-order valence-corrected chi connectivity index (χ0v) is 8.55. The summed E-state index contributed by atoms with van der Waals surface area (Å²) >= 11 is 5.77. The van der Waals surface area contributed by atoms with Crippen molar-refractivity contribution in [3.8, 4) is 11.3 Å². The first-order valence-electron chi connectivity index (χ1n) is 4.36. The van der Waals surface area contributed by atoms with E-state index in [4.69, 9.17) is 11.6 Å². The zero-order chi connectivity index (χ0) is 9.97. The number of rotatable bonds is 1. The van der Waals surface area contributed by atoms with Crippen molar-refractivity contribution in [3.05, 3.63) is 53.2 Å². The van der Waals surface area contributed by atoms with Gasteiger partial charge in [-0.1, -0.05) is 12.1 Å². The number of benzene rings is 1. The quantitative estimate of drug-likeness (QED) is 0.645. The van der Waals surface area contributed by atoms with Crippen LogP contribution in [0.15, 0.2) is 36.5 Å². The van der Waals surface area contributed by atoms with Gasteiger partial charge in [-0.3, -0.25) is 0 Å². The molecule has 1 aromatic heterocycles. The van der Waals surface area contributed by atoms with Gasteiger partial charge < -0.3 is 4.98 Å².